The van der Waals surface area contributed by atoms with Gasteiger partial charge < -0.3 is 10.8 Å². The molecule has 2 atom stereocenters. The Balaban J connectivity index is 2.64. The second-order valence-corrected chi connectivity index (χ2v) is 6.09. The second-order valence-electron chi connectivity index (χ2n) is 6.09. The third-order valence-electron chi connectivity index (χ3n) is 3.71. The molecule has 1 heterocycles. The smallest absolute Gasteiger partial charge is 0.0602 e. The van der Waals surface area contributed by atoms with Crippen molar-refractivity contribution in [3.05, 3.63) is 0 Å². The van der Waals surface area contributed by atoms with E-state index in [1.54, 1.807) is 0 Å². The number of hydrogen-bond donors (Lipinski definition) is 2. The second kappa shape index (κ2) is 5.99. The van der Waals surface area contributed by atoms with E-state index >= 15 is 0 Å². The lowest BCUT2D eigenvalue weighted by Crippen LogP contribution is -2.55. The number of nitrogens with two attached hydrogens (primary N) is 1. The van der Waals surface area contributed by atoms with E-state index in [4.69, 9.17) is 5.73 Å². The van der Waals surface area contributed by atoms with E-state index < -0.39 is 0 Å². The number of likely N-dealkylation sites (tertiary alicyclic amines) is 1. The van der Waals surface area contributed by atoms with Gasteiger partial charge in [0.05, 0.1) is 6.61 Å². The standard InChI is InChI=1S/C13H28N2O/c1-13(2,3)12(14)11(10-16)15-8-6-4-5-7-9-15/h11-12,16H,4-10,14H2,1-3H3. The maximum Gasteiger partial charge on any atom is 0.0602 e. The lowest BCUT2D eigenvalue weighted by atomic mass is 9.82. The Kier molecular flexibility index (Phi) is 5.22. The Labute approximate surface area is 100 Å². The molecule has 3 heteroatoms. The van der Waals surface area contributed by atoms with E-state index in [1.807, 2.05) is 0 Å². The van der Waals surface area contributed by atoms with Crippen molar-refractivity contribution < 1.29 is 5.11 Å². The van der Waals surface area contributed by atoms with Crippen LogP contribution < -0.4 is 5.73 Å². The summed E-state index contributed by atoms with van der Waals surface area (Å²) >= 11 is 0. The van der Waals surface area contributed by atoms with Gasteiger partial charge in [0.2, 0.25) is 0 Å². The summed E-state index contributed by atoms with van der Waals surface area (Å²) in [5, 5.41) is 9.58. The fourth-order valence-electron chi connectivity index (χ4n) is 2.46. The zero-order valence-corrected chi connectivity index (χ0v) is 11.1. The average Bonchev–Trinajstić information content (AvgIpc) is 2.46. The van der Waals surface area contributed by atoms with Gasteiger partial charge in [-0.1, -0.05) is 33.6 Å². The Bertz CT molecular complexity index is 193. The molecule has 3 N–H and O–H groups in total. The first-order valence-corrected chi connectivity index (χ1v) is 6.57. The SMILES string of the molecule is CC(C)(C)C(N)C(CO)N1CCCCCC1. The van der Waals surface area contributed by atoms with Gasteiger partial charge in [-0.15, -0.1) is 0 Å². The minimum atomic E-state index is 0.0376. The molecule has 16 heavy (non-hydrogen) atoms. The van der Waals surface area contributed by atoms with Crippen molar-refractivity contribution >= 4 is 0 Å². The van der Waals surface area contributed by atoms with Crippen LogP contribution in [0.5, 0.6) is 0 Å². The van der Waals surface area contributed by atoms with Crippen molar-refractivity contribution in [3.63, 3.8) is 0 Å². The van der Waals surface area contributed by atoms with Crippen LogP contribution in [-0.4, -0.2) is 41.8 Å². The average molecular weight is 228 g/mol. The molecule has 0 amide bonds. The maximum absolute atomic E-state index is 9.58. The molecular weight excluding hydrogens is 200 g/mol. The predicted octanol–water partition coefficient (Wildman–Crippen LogP) is 1.60. The molecule has 1 fully saturated rings. The van der Waals surface area contributed by atoms with E-state index in [-0.39, 0.29) is 24.1 Å². The predicted molar refractivity (Wildman–Crippen MR) is 68.3 cm³/mol. The third-order valence-corrected chi connectivity index (χ3v) is 3.71. The Hall–Kier alpha value is -0.120. The van der Waals surface area contributed by atoms with E-state index in [1.165, 1.54) is 25.7 Å². The quantitative estimate of drug-likeness (QED) is 0.771. The van der Waals surface area contributed by atoms with Crippen LogP contribution in [0.15, 0.2) is 0 Å². The minimum Gasteiger partial charge on any atom is -0.395 e. The lowest BCUT2D eigenvalue weighted by Gasteiger charge is -2.39. The molecule has 0 aromatic carbocycles. The highest BCUT2D eigenvalue weighted by atomic mass is 16.3. The van der Waals surface area contributed by atoms with E-state index in [2.05, 4.69) is 25.7 Å². The Morgan fingerprint density at radius 1 is 1.12 bits per heavy atom. The number of nitrogens with zero attached hydrogens (tertiary/aromatic N) is 1. The van der Waals surface area contributed by atoms with Crippen LogP contribution in [0.25, 0.3) is 0 Å². The summed E-state index contributed by atoms with van der Waals surface area (Å²) in [6, 6.07) is 0.161. The molecule has 1 aliphatic heterocycles. The fourth-order valence-corrected chi connectivity index (χ4v) is 2.46. The van der Waals surface area contributed by atoms with Crippen molar-refractivity contribution in [1.82, 2.24) is 4.90 Å². The molecule has 1 rings (SSSR count). The van der Waals surface area contributed by atoms with Crippen molar-refractivity contribution in [3.8, 4) is 0 Å². The summed E-state index contributed by atoms with van der Waals surface area (Å²) in [7, 11) is 0. The van der Waals surface area contributed by atoms with E-state index in [0.717, 1.165) is 13.1 Å². The molecule has 1 aliphatic rings. The summed E-state index contributed by atoms with van der Waals surface area (Å²) in [5.74, 6) is 0. The normalized spacial score (nSPS) is 23.8. The Morgan fingerprint density at radius 2 is 1.62 bits per heavy atom. The van der Waals surface area contributed by atoms with Crippen LogP contribution in [0.2, 0.25) is 0 Å². The highest BCUT2D eigenvalue weighted by Gasteiger charge is 2.32. The van der Waals surface area contributed by atoms with Gasteiger partial charge in [-0.25, -0.2) is 0 Å². The van der Waals surface area contributed by atoms with Crippen LogP contribution in [0.1, 0.15) is 46.5 Å². The zero-order valence-electron chi connectivity index (χ0n) is 11.1. The maximum atomic E-state index is 9.58. The molecular formula is C13H28N2O. The third kappa shape index (κ3) is 3.72. The number of aliphatic hydroxyl groups excluding tert-OH is 1. The van der Waals surface area contributed by atoms with E-state index in [9.17, 15) is 5.11 Å². The summed E-state index contributed by atoms with van der Waals surface area (Å²) in [6.45, 7) is 8.82. The summed E-state index contributed by atoms with van der Waals surface area (Å²) < 4.78 is 0. The minimum absolute atomic E-state index is 0.0376. The van der Waals surface area contributed by atoms with Gasteiger partial charge in [0, 0.05) is 12.1 Å². The van der Waals surface area contributed by atoms with Crippen LogP contribution in [0.4, 0.5) is 0 Å². The monoisotopic (exact) mass is 228 g/mol. The number of rotatable bonds is 3. The van der Waals surface area contributed by atoms with Crippen LogP contribution in [0.3, 0.4) is 0 Å². The van der Waals surface area contributed by atoms with Crippen molar-refractivity contribution in [1.29, 1.82) is 0 Å². The van der Waals surface area contributed by atoms with Gasteiger partial charge in [-0.2, -0.15) is 0 Å². The molecule has 2 unspecified atom stereocenters. The Morgan fingerprint density at radius 3 is 2.00 bits per heavy atom. The fraction of sp³-hybridized carbons (Fsp3) is 1.00. The summed E-state index contributed by atoms with van der Waals surface area (Å²) in [6.07, 6.45) is 5.12. The van der Waals surface area contributed by atoms with Gasteiger partial charge in [0.1, 0.15) is 0 Å². The van der Waals surface area contributed by atoms with Crippen LogP contribution in [-0.2, 0) is 0 Å². The highest BCUT2D eigenvalue weighted by Crippen LogP contribution is 2.24. The molecule has 0 bridgehead atoms. The van der Waals surface area contributed by atoms with Gasteiger partial charge in [-0.3, -0.25) is 4.90 Å². The van der Waals surface area contributed by atoms with E-state index in [0.29, 0.717) is 0 Å². The summed E-state index contributed by atoms with van der Waals surface area (Å²) in [4.78, 5) is 2.39. The van der Waals surface area contributed by atoms with Crippen molar-refractivity contribution in [2.75, 3.05) is 19.7 Å². The van der Waals surface area contributed by atoms with Crippen LogP contribution in [0, 0.1) is 5.41 Å². The first kappa shape index (κ1) is 13.9. The van der Waals surface area contributed by atoms with Gasteiger partial charge >= 0.3 is 0 Å². The molecule has 0 radical (unpaired) electrons. The molecule has 0 spiro atoms. The molecule has 1 saturated heterocycles. The van der Waals surface area contributed by atoms with Gasteiger partial charge in [0.25, 0.3) is 0 Å². The molecule has 0 aliphatic carbocycles. The van der Waals surface area contributed by atoms with Crippen molar-refractivity contribution in [2.45, 2.75) is 58.5 Å². The number of hydrogen-bond acceptors (Lipinski definition) is 3. The first-order valence-electron chi connectivity index (χ1n) is 6.57. The van der Waals surface area contributed by atoms with Gasteiger partial charge in [0.15, 0.2) is 0 Å². The molecule has 96 valence electrons. The molecule has 0 aromatic rings. The van der Waals surface area contributed by atoms with Crippen LogP contribution >= 0.6 is 0 Å². The molecule has 0 saturated carbocycles. The highest BCUT2D eigenvalue weighted by molar-refractivity contribution is 4.90. The topological polar surface area (TPSA) is 49.5 Å². The first-order chi connectivity index (χ1) is 7.46. The zero-order chi connectivity index (χ0) is 12.2. The molecule has 3 nitrogen and oxygen atoms in total. The van der Waals surface area contributed by atoms with Crippen molar-refractivity contribution in [2.24, 2.45) is 11.1 Å². The largest absolute Gasteiger partial charge is 0.395 e. The van der Waals surface area contributed by atoms with Gasteiger partial charge in [-0.05, 0) is 31.3 Å². The summed E-state index contributed by atoms with van der Waals surface area (Å²) in [5.41, 5.74) is 6.34. The number of aliphatic hydroxyl groups is 1. The lowest BCUT2D eigenvalue weighted by molar-refractivity contribution is 0.0731. The molecule has 0 aromatic heterocycles.